The van der Waals surface area contributed by atoms with Crippen LogP contribution in [0.2, 0.25) is 0 Å². The first kappa shape index (κ1) is 12.3. The Hall–Kier alpha value is -0.430. The van der Waals surface area contributed by atoms with Gasteiger partial charge < -0.3 is 4.74 Å². The average Bonchev–Trinajstić information content (AvgIpc) is 3.25. The third-order valence-electron chi connectivity index (χ3n) is 4.21. The van der Waals surface area contributed by atoms with E-state index in [1.165, 1.54) is 31.4 Å². The Morgan fingerprint density at radius 2 is 2.00 bits per heavy atom. The second-order valence-corrected chi connectivity index (χ2v) is 6.98. The molecule has 4 aliphatic rings. The number of ether oxygens (including phenoxy) is 1. The van der Waals surface area contributed by atoms with Crippen molar-refractivity contribution in [2.24, 2.45) is 16.0 Å². The fourth-order valence-electron chi connectivity index (χ4n) is 2.94. The van der Waals surface area contributed by atoms with Crippen molar-refractivity contribution in [3.05, 3.63) is 12.2 Å². The van der Waals surface area contributed by atoms with E-state index in [2.05, 4.69) is 39.8 Å². The van der Waals surface area contributed by atoms with Crippen LogP contribution in [-0.2, 0) is 4.74 Å². The maximum Gasteiger partial charge on any atom is 0.147 e. The first-order chi connectivity index (χ1) is 9.33. The summed E-state index contributed by atoms with van der Waals surface area (Å²) >= 11 is 2.48. The summed E-state index contributed by atoms with van der Waals surface area (Å²) in [6.45, 7) is 0.868. The van der Waals surface area contributed by atoms with E-state index in [4.69, 9.17) is 14.8 Å². The van der Waals surface area contributed by atoms with Crippen LogP contribution in [0.15, 0.2) is 22.2 Å². The number of nitrogens with zero attached hydrogens (tertiary/aromatic N) is 3. The Labute approximate surface area is 127 Å². The second kappa shape index (κ2) is 4.84. The number of hydrogen-bond acceptors (Lipinski definition) is 4. The highest BCUT2D eigenvalue weighted by Crippen LogP contribution is 2.36. The van der Waals surface area contributed by atoms with Crippen molar-refractivity contribution < 1.29 is 4.74 Å². The van der Waals surface area contributed by atoms with Crippen molar-refractivity contribution in [3.8, 4) is 0 Å². The van der Waals surface area contributed by atoms with Gasteiger partial charge in [0.25, 0.3) is 0 Å². The van der Waals surface area contributed by atoms with Gasteiger partial charge in [-0.05, 0) is 44.3 Å². The van der Waals surface area contributed by atoms with Crippen LogP contribution in [0.1, 0.15) is 32.1 Å². The molecule has 4 nitrogen and oxygen atoms in total. The number of aliphatic imine (C=N–C) groups is 1. The van der Waals surface area contributed by atoms with Gasteiger partial charge in [-0.2, -0.15) is 5.10 Å². The third-order valence-corrected chi connectivity index (χ3v) is 5.46. The minimum atomic E-state index is 0.154. The molecule has 3 heterocycles. The summed E-state index contributed by atoms with van der Waals surface area (Å²) in [5.41, 5.74) is 2.40. The lowest BCUT2D eigenvalue weighted by Gasteiger charge is -2.32. The summed E-state index contributed by atoms with van der Waals surface area (Å²) in [6, 6.07) is 0.215. The highest BCUT2D eigenvalue weighted by Gasteiger charge is 2.41. The first-order valence-electron chi connectivity index (χ1n) is 7.21. The van der Waals surface area contributed by atoms with Crippen LogP contribution in [0.25, 0.3) is 0 Å². The van der Waals surface area contributed by atoms with Crippen LogP contribution < -0.4 is 0 Å². The van der Waals surface area contributed by atoms with Gasteiger partial charge in [-0.15, -0.1) is 0 Å². The molecule has 0 spiro atoms. The Balaban J connectivity index is 1.55. The zero-order chi connectivity index (χ0) is 12.8. The van der Waals surface area contributed by atoms with Gasteiger partial charge in [0.2, 0.25) is 0 Å². The van der Waals surface area contributed by atoms with Gasteiger partial charge in [-0.1, -0.05) is 22.6 Å². The zero-order valence-electron chi connectivity index (χ0n) is 10.8. The van der Waals surface area contributed by atoms with Crippen molar-refractivity contribution in [2.45, 2.75) is 48.4 Å². The van der Waals surface area contributed by atoms with E-state index in [1.807, 2.05) is 0 Å². The largest absolute Gasteiger partial charge is 0.357 e. The molecule has 0 aromatic rings. The number of alkyl halides is 1. The molecule has 2 fully saturated rings. The molecule has 19 heavy (non-hydrogen) atoms. The monoisotopic (exact) mass is 371 g/mol. The number of allylic oxidation sites excluding steroid dienone is 1. The Morgan fingerprint density at radius 1 is 1.16 bits per heavy atom. The molecular weight excluding hydrogens is 353 g/mol. The fourth-order valence-corrected chi connectivity index (χ4v) is 3.96. The lowest BCUT2D eigenvalue weighted by Crippen LogP contribution is -2.41. The third kappa shape index (κ3) is 2.24. The van der Waals surface area contributed by atoms with Gasteiger partial charge in [0.15, 0.2) is 0 Å². The van der Waals surface area contributed by atoms with Gasteiger partial charge in [0, 0.05) is 18.2 Å². The van der Waals surface area contributed by atoms with Crippen LogP contribution in [0, 0.1) is 5.92 Å². The van der Waals surface area contributed by atoms with Crippen LogP contribution in [0.5, 0.6) is 0 Å². The summed E-state index contributed by atoms with van der Waals surface area (Å²) in [5, 5.41) is 6.89. The zero-order valence-corrected chi connectivity index (χ0v) is 13.0. The minimum Gasteiger partial charge on any atom is -0.357 e. The van der Waals surface area contributed by atoms with Crippen molar-refractivity contribution in [2.75, 3.05) is 6.61 Å². The predicted octanol–water partition coefficient (Wildman–Crippen LogP) is 2.74. The van der Waals surface area contributed by atoms with E-state index in [0.29, 0.717) is 4.05 Å². The average molecular weight is 371 g/mol. The van der Waals surface area contributed by atoms with Crippen molar-refractivity contribution in [1.82, 2.24) is 5.01 Å². The predicted molar refractivity (Wildman–Crippen MR) is 83.8 cm³/mol. The molecule has 5 heteroatoms. The summed E-state index contributed by atoms with van der Waals surface area (Å²) < 4.78 is 6.17. The van der Waals surface area contributed by atoms with E-state index in [-0.39, 0.29) is 12.3 Å². The lowest BCUT2D eigenvalue weighted by atomic mass is 10.1. The van der Waals surface area contributed by atoms with E-state index < -0.39 is 0 Å². The highest BCUT2D eigenvalue weighted by molar-refractivity contribution is 14.1. The molecule has 3 atom stereocenters. The first-order valence-corrected chi connectivity index (χ1v) is 8.46. The molecule has 0 radical (unpaired) electrons. The quantitative estimate of drug-likeness (QED) is 0.425. The number of rotatable bonds is 2. The van der Waals surface area contributed by atoms with Gasteiger partial charge in [0.1, 0.15) is 16.3 Å². The Kier molecular flexibility index (Phi) is 3.14. The van der Waals surface area contributed by atoms with E-state index in [0.717, 1.165) is 24.7 Å². The molecule has 3 aliphatic heterocycles. The van der Waals surface area contributed by atoms with E-state index >= 15 is 0 Å². The fraction of sp³-hybridized carbons (Fsp3) is 0.714. The molecule has 0 aromatic heterocycles. The second-order valence-electron chi connectivity index (χ2n) is 5.71. The molecule has 0 bridgehead atoms. The van der Waals surface area contributed by atoms with Gasteiger partial charge in [-0.25, -0.2) is 0 Å². The Bertz CT molecular complexity index is 463. The molecule has 0 aromatic carbocycles. The van der Waals surface area contributed by atoms with Crippen LogP contribution in [0.3, 0.4) is 0 Å². The van der Waals surface area contributed by atoms with E-state index in [1.54, 1.807) is 0 Å². The number of dihydropyridines is 1. The van der Waals surface area contributed by atoms with Crippen LogP contribution in [0.4, 0.5) is 0 Å². The smallest absolute Gasteiger partial charge is 0.147 e. The summed E-state index contributed by atoms with van der Waals surface area (Å²) in [7, 11) is 0. The number of hydrogen-bond donors (Lipinski definition) is 0. The number of hydrazone groups is 1. The topological polar surface area (TPSA) is 37.2 Å². The molecule has 1 saturated carbocycles. The molecule has 4 rings (SSSR count). The summed E-state index contributed by atoms with van der Waals surface area (Å²) in [6.07, 6.45) is 10.6. The minimum absolute atomic E-state index is 0.154. The number of fused-ring (bicyclic) bond motifs is 1. The summed E-state index contributed by atoms with van der Waals surface area (Å²) in [4.78, 5) is 4.93. The normalized spacial score (nSPS) is 37.9. The van der Waals surface area contributed by atoms with E-state index in [9.17, 15) is 0 Å². The van der Waals surface area contributed by atoms with Crippen LogP contribution in [-0.4, -0.2) is 39.4 Å². The SMILES string of the molecule is IC1C2N=C(C3CC3)C=CC2=NN1C1CCCCO1. The molecule has 1 saturated heterocycles. The maximum atomic E-state index is 5.87. The van der Waals surface area contributed by atoms with Crippen molar-refractivity contribution in [1.29, 1.82) is 0 Å². The highest BCUT2D eigenvalue weighted by atomic mass is 127. The molecular formula is C14H18IN3O. The van der Waals surface area contributed by atoms with Crippen molar-refractivity contribution in [3.63, 3.8) is 0 Å². The number of halogens is 1. The molecule has 0 amide bonds. The van der Waals surface area contributed by atoms with Gasteiger partial charge >= 0.3 is 0 Å². The molecule has 3 unspecified atom stereocenters. The van der Waals surface area contributed by atoms with Gasteiger partial charge in [-0.3, -0.25) is 10.0 Å². The molecule has 102 valence electrons. The van der Waals surface area contributed by atoms with Crippen LogP contribution >= 0.6 is 22.6 Å². The van der Waals surface area contributed by atoms with Crippen molar-refractivity contribution >= 4 is 34.0 Å². The maximum absolute atomic E-state index is 5.87. The molecule has 1 aliphatic carbocycles. The Morgan fingerprint density at radius 3 is 2.74 bits per heavy atom. The lowest BCUT2D eigenvalue weighted by molar-refractivity contribution is -0.0841. The summed E-state index contributed by atoms with van der Waals surface area (Å²) in [5.74, 6) is 0.724. The molecule has 0 N–H and O–H groups in total. The standard InChI is InChI=1S/C14H18IN3O/c15-14-13-11(7-6-10(16-13)9-4-5-9)17-18(14)12-3-1-2-8-19-12/h6-7,9,12-14H,1-5,8H2. The van der Waals surface area contributed by atoms with Gasteiger partial charge in [0.05, 0.1) is 5.71 Å².